The minimum Gasteiger partial charge on any atom is -0.313 e. The summed E-state index contributed by atoms with van der Waals surface area (Å²) in [6.07, 6.45) is 0.751. The topological polar surface area (TPSA) is 12.0 Å². The van der Waals surface area contributed by atoms with Crippen LogP contribution in [0.3, 0.4) is 0 Å². The van der Waals surface area contributed by atoms with Gasteiger partial charge in [-0.3, -0.25) is 0 Å². The van der Waals surface area contributed by atoms with E-state index >= 15 is 0 Å². The van der Waals surface area contributed by atoms with Crippen LogP contribution in [-0.2, 0) is 6.42 Å². The fourth-order valence-corrected chi connectivity index (χ4v) is 2.47. The number of hydrogen-bond donors (Lipinski definition) is 1. The van der Waals surface area contributed by atoms with E-state index in [2.05, 4.69) is 11.4 Å². The highest BCUT2D eigenvalue weighted by molar-refractivity contribution is 6.31. The van der Waals surface area contributed by atoms with Gasteiger partial charge in [-0.25, -0.2) is 4.39 Å². The zero-order valence-corrected chi connectivity index (χ0v) is 12.8. The van der Waals surface area contributed by atoms with E-state index < -0.39 is 0 Å². The van der Waals surface area contributed by atoms with Crippen molar-refractivity contribution in [3.8, 4) is 0 Å². The molecule has 20 heavy (non-hydrogen) atoms. The Kier molecular flexibility index (Phi) is 4.79. The summed E-state index contributed by atoms with van der Waals surface area (Å²) in [5, 5.41) is 4.06. The van der Waals surface area contributed by atoms with E-state index in [1.54, 1.807) is 6.07 Å². The Hall–Kier alpha value is -1.38. The van der Waals surface area contributed by atoms with Crippen LogP contribution in [0.2, 0.25) is 5.02 Å². The Morgan fingerprint density at radius 2 is 1.85 bits per heavy atom. The molecule has 1 unspecified atom stereocenters. The van der Waals surface area contributed by atoms with Gasteiger partial charge in [-0.2, -0.15) is 0 Å². The molecule has 0 saturated heterocycles. The van der Waals surface area contributed by atoms with Crippen molar-refractivity contribution in [3.05, 3.63) is 69.5 Å². The highest BCUT2D eigenvalue weighted by Gasteiger charge is 2.13. The summed E-state index contributed by atoms with van der Waals surface area (Å²) < 4.78 is 13.4. The van der Waals surface area contributed by atoms with Crippen LogP contribution in [0.15, 0.2) is 36.4 Å². The lowest BCUT2D eigenvalue weighted by molar-refractivity contribution is 0.582. The molecule has 0 saturated carbocycles. The van der Waals surface area contributed by atoms with Crippen LogP contribution >= 0.6 is 11.6 Å². The number of likely N-dealkylation sites (N-methyl/N-ethyl adjacent to an activating group) is 1. The number of aryl methyl sites for hydroxylation is 2. The Labute approximate surface area is 124 Å². The van der Waals surface area contributed by atoms with E-state index in [4.69, 9.17) is 11.6 Å². The van der Waals surface area contributed by atoms with Gasteiger partial charge in [-0.05, 0) is 67.8 Å². The minimum absolute atomic E-state index is 0.145. The smallest absolute Gasteiger partial charge is 0.123 e. The zero-order valence-electron chi connectivity index (χ0n) is 12.0. The molecule has 2 aromatic carbocycles. The van der Waals surface area contributed by atoms with Crippen molar-refractivity contribution in [2.45, 2.75) is 26.3 Å². The maximum absolute atomic E-state index is 13.4. The van der Waals surface area contributed by atoms with Gasteiger partial charge >= 0.3 is 0 Å². The molecule has 1 atom stereocenters. The molecular formula is C17H19ClFN. The van der Waals surface area contributed by atoms with Gasteiger partial charge in [0.15, 0.2) is 0 Å². The number of halogens is 2. The second kappa shape index (κ2) is 6.38. The molecule has 0 fully saturated rings. The van der Waals surface area contributed by atoms with E-state index in [9.17, 15) is 4.39 Å². The SMILES string of the molecule is CNC(Cc1cc(F)ccc1C)c1ccc(Cl)c(C)c1. The van der Waals surface area contributed by atoms with E-state index in [-0.39, 0.29) is 11.9 Å². The fraction of sp³-hybridized carbons (Fsp3) is 0.294. The summed E-state index contributed by atoms with van der Waals surface area (Å²) >= 11 is 6.06. The highest BCUT2D eigenvalue weighted by atomic mass is 35.5. The lowest BCUT2D eigenvalue weighted by Gasteiger charge is -2.19. The summed E-state index contributed by atoms with van der Waals surface area (Å²) in [7, 11) is 1.92. The van der Waals surface area contributed by atoms with Gasteiger partial charge in [-0.1, -0.05) is 29.8 Å². The van der Waals surface area contributed by atoms with Crippen LogP contribution in [0.4, 0.5) is 4.39 Å². The third-order valence-electron chi connectivity index (χ3n) is 3.67. The number of benzene rings is 2. The molecule has 0 aliphatic heterocycles. The van der Waals surface area contributed by atoms with Crippen molar-refractivity contribution in [1.29, 1.82) is 0 Å². The van der Waals surface area contributed by atoms with Gasteiger partial charge in [0.2, 0.25) is 0 Å². The number of nitrogens with one attached hydrogen (secondary N) is 1. The fourth-order valence-electron chi connectivity index (χ4n) is 2.35. The van der Waals surface area contributed by atoms with Crippen LogP contribution in [0.1, 0.15) is 28.3 Å². The standard InChI is InChI=1S/C17H19ClFN/c1-11-4-6-15(19)9-14(11)10-17(20-3)13-5-7-16(18)12(2)8-13/h4-9,17,20H,10H2,1-3H3. The first-order valence-corrected chi connectivity index (χ1v) is 7.07. The second-order valence-corrected chi connectivity index (χ2v) is 5.53. The van der Waals surface area contributed by atoms with Gasteiger partial charge < -0.3 is 5.32 Å². The predicted octanol–water partition coefficient (Wildman–Crippen LogP) is 4.60. The summed E-state index contributed by atoms with van der Waals surface area (Å²) in [5.41, 5.74) is 4.35. The summed E-state index contributed by atoms with van der Waals surface area (Å²) in [6.45, 7) is 4.00. The molecule has 106 valence electrons. The molecule has 2 rings (SSSR count). The summed E-state index contributed by atoms with van der Waals surface area (Å²) in [5.74, 6) is -0.187. The quantitative estimate of drug-likeness (QED) is 0.868. The third kappa shape index (κ3) is 3.38. The highest BCUT2D eigenvalue weighted by Crippen LogP contribution is 2.24. The van der Waals surface area contributed by atoms with E-state index in [1.165, 1.54) is 6.07 Å². The van der Waals surface area contributed by atoms with Crippen molar-refractivity contribution < 1.29 is 4.39 Å². The van der Waals surface area contributed by atoms with Crippen molar-refractivity contribution in [3.63, 3.8) is 0 Å². The predicted molar refractivity (Wildman–Crippen MR) is 82.8 cm³/mol. The molecule has 1 N–H and O–H groups in total. The molecule has 0 aliphatic rings. The normalized spacial score (nSPS) is 12.4. The van der Waals surface area contributed by atoms with Gasteiger partial charge in [0.1, 0.15) is 5.82 Å². The molecular weight excluding hydrogens is 273 g/mol. The Morgan fingerprint density at radius 3 is 2.50 bits per heavy atom. The molecule has 1 nitrogen and oxygen atoms in total. The first-order chi connectivity index (χ1) is 9.51. The monoisotopic (exact) mass is 291 g/mol. The number of rotatable bonds is 4. The molecule has 0 spiro atoms. The van der Waals surface area contributed by atoms with E-state index in [1.807, 2.05) is 39.1 Å². The molecule has 2 aromatic rings. The van der Waals surface area contributed by atoms with E-state index in [0.717, 1.165) is 33.7 Å². The molecule has 0 aliphatic carbocycles. The molecule has 0 amide bonds. The molecule has 0 heterocycles. The summed E-state index contributed by atoms with van der Waals surface area (Å²) in [4.78, 5) is 0. The van der Waals surface area contributed by atoms with Gasteiger partial charge in [-0.15, -0.1) is 0 Å². The maximum Gasteiger partial charge on any atom is 0.123 e. The minimum atomic E-state index is -0.187. The van der Waals surface area contributed by atoms with Gasteiger partial charge in [0.05, 0.1) is 0 Å². The second-order valence-electron chi connectivity index (χ2n) is 5.12. The zero-order chi connectivity index (χ0) is 14.7. The Bertz CT molecular complexity index is 610. The summed E-state index contributed by atoms with van der Waals surface area (Å²) in [6, 6.07) is 11.1. The van der Waals surface area contributed by atoms with Crippen LogP contribution in [0.5, 0.6) is 0 Å². The maximum atomic E-state index is 13.4. The Morgan fingerprint density at radius 1 is 1.10 bits per heavy atom. The molecule has 3 heteroatoms. The largest absolute Gasteiger partial charge is 0.313 e. The third-order valence-corrected chi connectivity index (χ3v) is 4.09. The van der Waals surface area contributed by atoms with Gasteiger partial charge in [0, 0.05) is 11.1 Å². The molecule has 0 aromatic heterocycles. The molecule has 0 bridgehead atoms. The first kappa shape index (κ1) is 15.0. The first-order valence-electron chi connectivity index (χ1n) is 6.69. The molecule has 0 radical (unpaired) electrons. The van der Waals surface area contributed by atoms with Crippen LogP contribution in [-0.4, -0.2) is 7.05 Å². The van der Waals surface area contributed by atoms with Crippen molar-refractivity contribution in [2.75, 3.05) is 7.05 Å². The average molecular weight is 292 g/mol. The van der Waals surface area contributed by atoms with Gasteiger partial charge in [0.25, 0.3) is 0 Å². The van der Waals surface area contributed by atoms with E-state index in [0.29, 0.717) is 0 Å². The lowest BCUT2D eigenvalue weighted by Crippen LogP contribution is -2.19. The van der Waals surface area contributed by atoms with Crippen molar-refractivity contribution >= 4 is 11.6 Å². The van der Waals surface area contributed by atoms with Crippen LogP contribution < -0.4 is 5.32 Å². The van der Waals surface area contributed by atoms with Crippen molar-refractivity contribution in [1.82, 2.24) is 5.32 Å². The van der Waals surface area contributed by atoms with Crippen LogP contribution in [0.25, 0.3) is 0 Å². The Balaban J connectivity index is 2.28. The van der Waals surface area contributed by atoms with Crippen molar-refractivity contribution in [2.24, 2.45) is 0 Å². The lowest BCUT2D eigenvalue weighted by atomic mass is 9.95. The number of hydrogen-bond acceptors (Lipinski definition) is 1. The van der Waals surface area contributed by atoms with Crippen LogP contribution in [0, 0.1) is 19.7 Å². The average Bonchev–Trinajstić information content (AvgIpc) is 2.43.